The maximum Gasteiger partial charge on any atom is 0.224 e. The summed E-state index contributed by atoms with van der Waals surface area (Å²) in [5, 5.41) is 6.23. The molecule has 134 valence electrons. The number of amides is 1. The van der Waals surface area contributed by atoms with Gasteiger partial charge in [-0.15, -0.1) is 0 Å². The van der Waals surface area contributed by atoms with Crippen molar-refractivity contribution in [2.45, 2.75) is 33.8 Å². The first-order chi connectivity index (χ1) is 11.2. The Bertz CT molecular complexity index is 575. The molecule has 0 saturated heterocycles. The topological polar surface area (TPSA) is 88.7 Å². The minimum atomic E-state index is -0.716. The van der Waals surface area contributed by atoms with Crippen LogP contribution in [0.2, 0.25) is 0 Å². The number of ether oxygens (including phenoxy) is 1. The van der Waals surface area contributed by atoms with E-state index in [1.54, 1.807) is 26.0 Å². The van der Waals surface area contributed by atoms with E-state index in [-0.39, 0.29) is 18.5 Å². The molecule has 1 aromatic carbocycles. The Morgan fingerprint density at radius 1 is 1.42 bits per heavy atom. The van der Waals surface area contributed by atoms with Gasteiger partial charge >= 0.3 is 0 Å². The number of carbonyl (C=O) groups excluding carboxylic acids is 1. The summed E-state index contributed by atoms with van der Waals surface area (Å²) >= 11 is 0. The average Bonchev–Trinajstić information content (AvgIpc) is 2.50. The highest BCUT2D eigenvalue weighted by molar-refractivity contribution is 5.82. The molecule has 1 atom stereocenters. The van der Waals surface area contributed by atoms with Crippen molar-refractivity contribution >= 4 is 11.9 Å². The van der Waals surface area contributed by atoms with Crippen molar-refractivity contribution in [3.63, 3.8) is 0 Å². The van der Waals surface area contributed by atoms with Gasteiger partial charge in [0.1, 0.15) is 17.7 Å². The average molecular weight is 338 g/mol. The lowest BCUT2D eigenvalue weighted by Crippen LogP contribution is -2.43. The second-order valence-corrected chi connectivity index (χ2v) is 6.21. The van der Waals surface area contributed by atoms with Gasteiger partial charge < -0.3 is 21.1 Å². The number of rotatable bonds is 8. The van der Waals surface area contributed by atoms with Crippen LogP contribution in [0.15, 0.2) is 29.3 Å². The van der Waals surface area contributed by atoms with Crippen molar-refractivity contribution in [2.75, 3.05) is 19.6 Å². The zero-order valence-electron chi connectivity index (χ0n) is 14.7. The number of hydrogen-bond donors (Lipinski definition) is 3. The minimum absolute atomic E-state index is 0.195. The van der Waals surface area contributed by atoms with Gasteiger partial charge in [-0.05, 0) is 39.8 Å². The Balaban J connectivity index is 2.57. The Morgan fingerprint density at radius 2 is 2.12 bits per heavy atom. The summed E-state index contributed by atoms with van der Waals surface area (Å²) in [7, 11) is 0. The molecule has 0 aliphatic heterocycles. The van der Waals surface area contributed by atoms with Gasteiger partial charge in [-0.25, -0.2) is 4.39 Å². The fourth-order valence-electron chi connectivity index (χ4n) is 1.75. The molecule has 0 aliphatic rings. The van der Waals surface area contributed by atoms with E-state index in [1.165, 1.54) is 12.1 Å². The third kappa shape index (κ3) is 6.85. The summed E-state index contributed by atoms with van der Waals surface area (Å²) in [6.07, 6.45) is -0.195. The van der Waals surface area contributed by atoms with Gasteiger partial charge in [-0.1, -0.05) is 6.07 Å². The lowest BCUT2D eigenvalue weighted by molar-refractivity contribution is -0.125. The molecule has 1 unspecified atom stereocenters. The molecular formula is C17H27FN4O2. The lowest BCUT2D eigenvalue weighted by atomic mass is 9.93. The molecule has 0 heterocycles. The number of nitrogens with one attached hydrogen (secondary N) is 2. The second-order valence-electron chi connectivity index (χ2n) is 6.21. The highest BCUT2D eigenvalue weighted by Gasteiger charge is 2.24. The van der Waals surface area contributed by atoms with Gasteiger partial charge in [0.2, 0.25) is 5.91 Å². The molecule has 6 nitrogen and oxygen atoms in total. The third-order valence-electron chi connectivity index (χ3n) is 3.33. The van der Waals surface area contributed by atoms with Crippen LogP contribution >= 0.6 is 0 Å². The molecule has 7 heteroatoms. The Labute approximate surface area is 142 Å². The van der Waals surface area contributed by atoms with Gasteiger partial charge in [0.05, 0.1) is 18.5 Å². The zero-order chi connectivity index (χ0) is 18.2. The first-order valence-electron chi connectivity index (χ1n) is 7.99. The van der Waals surface area contributed by atoms with E-state index < -0.39 is 11.3 Å². The van der Waals surface area contributed by atoms with Crippen LogP contribution in [0.5, 0.6) is 5.75 Å². The maximum atomic E-state index is 13.1. The lowest BCUT2D eigenvalue weighted by Gasteiger charge is -2.20. The van der Waals surface area contributed by atoms with E-state index in [1.807, 2.05) is 13.8 Å². The number of primary amides is 1. The molecule has 1 rings (SSSR count). The molecule has 0 bridgehead atoms. The predicted molar refractivity (Wildman–Crippen MR) is 93.4 cm³/mol. The molecule has 0 aliphatic carbocycles. The van der Waals surface area contributed by atoms with Crippen molar-refractivity contribution in [2.24, 2.45) is 16.1 Å². The molecule has 0 fully saturated rings. The van der Waals surface area contributed by atoms with Crippen molar-refractivity contribution in [3.05, 3.63) is 30.1 Å². The summed E-state index contributed by atoms with van der Waals surface area (Å²) in [6.45, 7) is 8.74. The summed E-state index contributed by atoms with van der Waals surface area (Å²) in [5.41, 5.74) is 4.63. The smallest absolute Gasteiger partial charge is 0.224 e. The van der Waals surface area contributed by atoms with Crippen LogP contribution in [-0.4, -0.2) is 37.6 Å². The number of nitrogens with two attached hydrogens (primary N) is 1. The Morgan fingerprint density at radius 3 is 2.71 bits per heavy atom. The van der Waals surface area contributed by atoms with E-state index in [9.17, 15) is 9.18 Å². The summed E-state index contributed by atoms with van der Waals surface area (Å²) < 4.78 is 18.8. The Kier molecular flexibility index (Phi) is 7.48. The molecule has 0 saturated carbocycles. The van der Waals surface area contributed by atoms with Crippen molar-refractivity contribution in [3.8, 4) is 5.75 Å². The summed E-state index contributed by atoms with van der Waals surface area (Å²) in [4.78, 5) is 15.7. The van der Waals surface area contributed by atoms with E-state index in [4.69, 9.17) is 10.5 Å². The normalized spacial score (nSPS) is 13.3. The Hall–Kier alpha value is -2.31. The SMILES string of the molecule is CCNC(=NCC(C)(C)C(N)=O)NCC(C)Oc1cccc(F)c1. The summed E-state index contributed by atoms with van der Waals surface area (Å²) in [5.74, 6) is 0.309. The van der Waals surface area contributed by atoms with Crippen LogP contribution in [0, 0.1) is 11.2 Å². The second kappa shape index (κ2) is 9.10. The van der Waals surface area contributed by atoms with Crippen molar-refractivity contribution < 1.29 is 13.9 Å². The van der Waals surface area contributed by atoms with E-state index in [2.05, 4.69) is 15.6 Å². The van der Waals surface area contributed by atoms with Crippen molar-refractivity contribution in [1.82, 2.24) is 10.6 Å². The molecule has 24 heavy (non-hydrogen) atoms. The highest BCUT2D eigenvalue weighted by Crippen LogP contribution is 2.14. The number of carbonyl (C=O) groups is 1. The van der Waals surface area contributed by atoms with Crippen LogP contribution in [-0.2, 0) is 4.79 Å². The van der Waals surface area contributed by atoms with E-state index in [0.717, 1.165) is 0 Å². The third-order valence-corrected chi connectivity index (χ3v) is 3.33. The van der Waals surface area contributed by atoms with Crippen LogP contribution in [0.4, 0.5) is 4.39 Å². The number of hydrogen-bond acceptors (Lipinski definition) is 3. The summed E-state index contributed by atoms with van der Waals surface area (Å²) in [6, 6.07) is 6.01. The van der Waals surface area contributed by atoms with E-state index >= 15 is 0 Å². The first kappa shape index (κ1) is 19.7. The number of guanidine groups is 1. The monoisotopic (exact) mass is 338 g/mol. The molecular weight excluding hydrogens is 311 g/mol. The van der Waals surface area contributed by atoms with Crippen molar-refractivity contribution in [1.29, 1.82) is 0 Å². The van der Waals surface area contributed by atoms with Crippen LogP contribution in [0.25, 0.3) is 0 Å². The minimum Gasteiger partial charge on any atom is -0.489 e. The number of aliphatic imine (C=N–C) groups is 1. The van der Waals surface area contributed by atoms with Crippen LogP contribution < -0.4 is 21.1 Å². The predicted octanol–water partition coefficient (Wildman–Crippen LogP) is 1.66. The van der Waals surface area contributed by atoms with Crippen LogP contribution in [0.1, 0.15) is 27.7 Å². The van der Waals surface area contributed by atoms with Crippen LogP contribution in [0.3, 0.4) is 0 Å². The fourth-order valence-corrected chi connectivity index (χ4v) is 1.75. The zero-order valence-corrected chi connectivity index (χ0v) is 14.7. The molecule has 4 N–H and O–H groups in total. The number of halogens is 1. The number of nitrogens with zero attached hydrogens (tertiary/aromatic N) is 1. The van der Waals surface area contributed by atoms with Gasteiger partial charge in [0.15, 0.2) is 5.96 Å². The molecule has 1 amide bonds. The molecule has 0 spiro atoms. The van der Waals surface area contributed by atoms with E-state index in [0.29, 0.717) is 24.8 Å². The number of benzene rings is 1. The fraction of sp³-hybridized carbons (Fsp3) is 0.529. The first-order valence-corrected chi connectivity index (χ1v) is 7.99. The van der Waals surface area contributed by atoms with Gasteiger partial charge in [-0.3, -0.25) is 9.79 Å². The standard InChI is InChI=1S/C17H27FN4O2/c1-5-20-16(22-11-17(3,4)15(19)23)21-10-12(2)24-14-8-6-7-13(18)9-14/h6-9,12H,5,10-11H2,1-4H3,(H2,19,23)(H2,20,21,22). The highest BCUT2D eigenvalue weighted by atomic mass is 19.1. The quantitative estimate of drug-likeness (QED) is 0.497. The molecule has 0 radical (unpaired) electrons. The molecule has 0 aromatic heterocycles. The largest absolute Gasteiger partial charge is 0.489 e. The van der Waals surface area contributed by atoms with Gasteiger partial charge in [0.25, 0.3) is 0 Å². The maximum absolute atomic E-state index is 13.1. The van der Waals surface area contributed by atoms with Gasteiger partial charge in [0, 0.05) is 12.6 Å². The van der Waals surface area contributed by atoms with Gasteiger partial charge in [-0.2, -0.15) is 0 Å². The molecule has 1 aromatic rings.